The van der Waals surface area contributed by atoms with Crippen LogP contribution in [0.4, 0.5) is 0 Å². The number of rotatable bonds is 7. The molecular formula is C23H29N3O. The quantitative estimate of drug-likeness (QED) is 0.589. The van der Waals surface area contributed by atoms with Crippen LogP contribution in [0.15, 0.2) is 52.9 Å². The van der Waals surface area contributed by atoms with Crippen molar-refractivity contribution in [3.05, 3.63) is 71.1 Å². The SMILES string of the molecule is CCc1ccc([C@@H](N[C@H](C)c2nnc(-c3cccc(C)c3)o2)C(C)C)cc1. The van der Waals surface area contributed by atoms with Gasteiger partial charge in [0, 0.05) is 11.6 Å². The highest BCUT2D eigenvalue weighted by atomic mass is 16.4. The van der Waals surface area contributed by atoms with Crippen molar-refractivity contribution in [2.75, 3.05) is 0 Å². The van der Waals surface area contributed by atoms with Crippen molar-refractivity contribution >= 4 is 0 Å². The summed E-state index contributed by atoms with van der Waals surface area (Å²) in [5.41, 5.74) is 4.77. The molecule has 0 fully saturated rings. The molecule has 0 bridgehead atoms. The molecule has 0 radical (unpaired) electrons. The Kier molecular flexibility index (Phi) is 6.07. The Balaban J connectivity index is 1.77. The summed E-state index contributed by atoms with van der Waals surface area (Å²) in [4.78, 5) is 0. The smallest absolute Gasteiger partial charge is 0.247 e. The van der Waals surface area contributed by atoms with Gasteiger partial charge in [-0.25, -0.2) is 0 Å². The molecule has 2 aromatic carbocycles. The third-order valence-electron chi connectivity index (χ3n) is 4.92. The first kappa shape index (κ1) is 19.3. The van der Waals surface area contributed by atoms with Gasteiger partial charge in [-0.2, -0.15) is 0 Å². The Morgan fingerprint density at radius 2 is 1.74 bits per heavy atom. The van der Waals surface area contributed by atoms with E-state index in [4.69, 9.17) is 4.42 Å². The van der Waals surface area contributed by atoms with Crippen molar-refractivity contribution in [1.29, 1.82) is 0 Å². The van der Waals surface area contributed by atoms with E-state index >= 15 is 0 Å². The summed E-state index contributed by atoms with van der Waals surface area (Å²) in [6, 6.07) is 17.2. The van der Waals surface area contributed by atoms with Crippen LogP contribution in [0, 0.1) is 12.8 Å². The van der Waals surface area contributed by atoms with Gasteiger partial charge in [0.1, 0.15) is 0 Å². The second-order valence-corrected chi connectivity index (χ2v) is 7.52. The van der Waals surface area contributed by atoms with E-state index in [1.807, 2.05) is 12.1 Å². The molecular weight excluding hydrogens is 334 g/mol. The summed E-state index contributed by atoms with van der Waals surface area (Å²) in [6.07, 6.45) is 1.06. The van der Waals surface area contributed by atoms with Gasteiger partial charge < -0.3 is 4.42 Å². The van der Waals surface area contributed by atoms with E-state index in [0.717, 1.165) is 12.0 Å². The van der Waals surface area contributed by atoms with Crippen molar-refractivity contribution in [3.8, 4) is 11.5 Å². The molecule has 0 aliphatic rings. The molecule has 1 heterocycles. The highest BCUT2D eigenvalue weighted by Gasteiger charge is 2.22. The lowest BCUT2D eigenvalue weighted by Gasteiger charge is -2.25. The Labute approximate surface area is 162 Å². The van der Waals surface area contributed by atoms with Crippen molar-refractivity contribution in [1.82, 2.24) is 15.5 Å². The van der Waals surface area contributed by atoms with Crippen LogP contribution in [0.2, 0.25) is 0 Å². The predicted molar refractivity (Wildman–Crippen MR) is 109 cm³/mol. The van der Waals surface area contributed by atoms with Gasteiger partial charge in [0.2, 0.25) is 11.8 Å². The molecule has 0 saturated carbocycles. The molecule has 2 atom stereocenters. The van der Waals surface area contributed by atoms with Crippen LogP contribution in [0.3, 0.4) is 0 Å². The van der Waals surface area contributed by atoms with Crippen molar-refractivity contribution in [2.45, 2.75) is 53.1 Å². The molecule has 0 spiro atoms. The summed E-state index contributed by atoms with van der Waals surface area (Å²) in [6.45, 7) is 10.8. The zero-order valence-electron chi connectivity index (χ0n) is 16.9. The standard InChI is InChI=1S/C23H29N3O/c1-6-18-10-12-19(13-11-18)21(15(2)3)24-17(5)22-25-26-23(27-22)20-9-7-8-16(4)14-20/h7-15,17,21,24H,6H2,1-5H3/t17-,21+/m1/s1. The third-order valence-corrected chi connectivity index (χ3v) is 4.92. The maximum absolute atomic E-state index is 5.95. The van der Waals surface area contributed by atoms with Crippen LogP contribution in [-0.2, 0) is 6.42 Å². The van der Waals surface area contributed by atoms with Crippen LogP contribution in [0.25, 0.3) is 11.5 Å². The first-order valence-electron chi connectivity index (χ1n) is 9.73. The fourth-order valence-corrected chi connectivity index (χ4v) is 3.28. The summed E-state index contributed by atoms with van der Waals surface area (Å²) in [5, 5.41) is 12.2. The largest absolute Gasteiger partial charge is 0.419 e. The zero-order chi connectivity index (χ0) is 19.4. The topological polar surface area (TPSA) is 51.0 Å². The number of aromatic nitrogens is 2. The van der Waals surface area contributed by atoms with Gasteiger partial charge in [0.05, 0.1) is 6.04 Å². The highest BCUT2D eigenvalue weighted by molar-refractivity contribution is 5.53. The molecule has 0 unspecified atom stereocenters. The highest BCUT2D eigenvalue weighted by Crippen LogP contribution is 2.27. The molecule has 3 aromatic rings. The van der Waals surface area contributed by atoms with Crippen LogP contribution < -0.4 is 5.32 Å². The molecule has 1 aromatic heterocycles. The maximum atomic E-state index is 5.95. The molecule has 0 aliphatic heterocycles. The Hall–Kier alpha value is -2.46. The summed E-state index contributed by atoms with van der Waals surface area (Å²) < 4.78 is 5.95. The second-order valence-electron chi connectivity index (χ2n) is 7.52. The van der Waals surface area contributed by atoms with E-state index in [-0.39, 0.29) is 12.1 Å². The molecule has 142 valence electrons. The lowest BCUT2D eigenvalue weighted by molar-refractivity contribution is 0.335. The van der Waals surface area contributed by atoms with Gasteiger partial charge in [0.25, 0.3) is 0 Å². The number of nitrogens with one attached hydrogen (secondary N) is 1. The summed E-state index contributed by atoms with van der Waals surface area (Å²) in [5.74, 6) is 1.62. The van der Waals surface area contributed by atoms with Gasteiger partial charge in [0.15, 0.2) is 0 Å². The average molecular weight is 364 g/mol. The fraction of sp³-hybridized carbons (Fsp3) is 0.391. The second kappa shape index (κ2) is 8.49. The fourth-order valence-electron chi connectivity index (χ4n) is 3.28. The van der Waals surface area contributed by atoms with E-state index in [1.165, 1.54) is 16.7 Å². The van der Waals surface area contributed by atoms with Crippen molar-refractivity contribution < 1.29 is 4.42 Å². The molecule has 0 aliphatic carbocycles. The molecule has 27 heavy (non-hydrogen) atoms. The monoisotopic (exact) mass is 363 g/mol. The number of benzene rings is 2. The zero-order valence-corrected chi connectivity index (χ0v) is 16.9. The van der Waals surface area contributed by atoms with E-state index in [1.54, 1.807) is 0 Å². The van der Waals surface area contributed by atoms with Gasteiger partial charge in [-0.15, -0.1) is 10.2 Å². The summed E-state index contributed by atoms with van der Waals surface area (Å²) in [7, 11) is 0. The number of hydrogen-bond acceptors (Lipinski definition) is 4. The van der Waals surface area contributed by atoms with Crippen LogP contribution >= 0.6 is 0 Å². The minimum absolute atomic E-state index is 0.0330. The van der Waals surface area contributed by atoms with Gasteiger partial charge in [-0.3, -0.25) is 5.32 Å². The molecule has 1 N–H and O–H groups in total. The van der Waals surface area contributed by atoms with E-state index in [2.05, 4.69) is 86.5 Å². The first-order valence-corrected chi connectivity index (χ1v) is 9.73. The van der Waals surface area contributed by atoms with Crippen LogP contribution in [0.1, 0.15) is 62.4 Å². The first-order chi connectivity index (χ1) is 13.0. The molecule has 0 saturated heterocycles. The van der Waals surface area contributed by atoms with Crippen LogP contribution in [0.5, 0.6) is 0 Å². The minimum atomic E-state index is -0.0330. The van der Waals surface area contributed by atoms with E-state index in [0.29, 0.717) is 17.7 Å². The third kappa shape index (κ3) is 4.64. The molecule has 4 nitrogen and oxygen atoms in total. The number of aryl methyl sites for hydroxylation is 2. The Morgan fingerprint density at radius 3 is 2.37 bits per heavy atom. The predicted octanol–water partition coefficient (Wildman–Crippen LogP) is 5.66. The maximum Gasteiger partial charge on any atom is 0.247 e. The van der Waals surface area contributed by atoms with Gasteiger partial charge in [-0.1, -0.05) is 62.7 Å². The van der Waals surface area contributed by atoms with Crippen molar-refractivity contribution in [2.24, 2.45) is 5.92 Å². The average Bonchev–Trinajstić information content (AvgIpc) is 3.16. The Morgan fingerprint density at radius 1 is 1.00 bits per heavy atom. The molecule has 0 amide bonds. The Bertz CT molecular complexity index is 867. The van der Waals surface area contributed by atoms with E-state index in [9.17, 15) is 0 Å². The minimum Gasteiger partial charge on any atom is -0.419 e. The normalized spacial score (nSPS) is 13.7. The van der Waals surface area contributed by atoms with Gasteiger partial charge in [-0.05, 0) is 49.4 Å². The lowest BCUT2D eigenvalue weighted by Crippen LogP contribution is -2.28. The number of hydrogen-bond donors (Lipinski definition) is 1. The number of nitrogens with zero attached hydrogens (tertiary/aromatic N) is 2. The molecule has 4 heteroatoms. The summed E-state index contributed by atoms with van der Waals surface area (Å²) >= 11 is 0. The van der Waals surface area contributed by atoms with Crippen LogP contribution in [-0.4, -0.2) is 10.2 Å². The van der Waals surface area contributed by atoms with Gasteiger partial charge >= 0.3 is 0 Å². The molecule has 3 rings (SSSR count). The lowest BCUT2D eigenvalue weighted by atomic mass is 9.94. The van der Waals surface area contributed by atoms with E-state index < -0.39 is 0 Å². The van der Waals surface area contributed by atoms with Crippen molar-refractivity contribution in [3.63, 3.8) is 0 Å².